The number of fused-ring (bicyclic) bond motifs is 6. The highest BCUT2D eigenvalue weighted by molar-refractivity contribution is 6.23. The Morgan fingerprint density at radius 3 is 1.96 bits per heavy atom. The zero-order valence-corrected chi connectivity index (χ0v) is 27.5. The van der Waals surface area contributed by atoms with E-state index in [9.17, 15) is 0 Å². The SMILES string of the molecule is c1ccc(-c2cc(-c3ccc(-c4cccc5c4nc(-c4cccc6ccccc46)c4oc6ccccc6c45)cc3)cc(-c3ccccn3)n2)cc1. The van der Waals surface area contributed by atoms with Crippen LogP contribution in [0.15, 0.2) is 180 Å². The molecule has 4 heterocycles. The van der Waals surface area contributed by atoms with Gasteiger partial charge in [0.05, 0.1) is 22.6 Å². The minimum absolute atomic E-state index is 0.808. The van der Waals surface area contributed by atoms with Crippen LogP contribution in [0.3, 0.4) is 0 Å². The largest absolute Gasteiger partial charge is 0.454 e. The van der Waals surface area contributed by atoms with Crippen molar-refractivity contribution in [2.75, 3.05) is 0 Å². The van der Waals surface area contributed by atoms with Gasteiger partial charge < -0.3 is 4.42 Å². The number of aromatic nitrogens is 3. The molecular formula is C47H29N3O. The Kier molecular flexibility index (Phi) is 6.78. The van der Waals surface area contributed by atoms with Crippen molar-refractivity contribution in [3.63, 3.8) is 0 Å². The molecule has 4 nitrogen and oxygen atoms in total. The summed E-state index contributed by atoms with van der Waals surface area (Å²) in [6.07, 6.45) is 1.81. The Bertz CT molecular complexity index is 2830. The van der Waals surface area contributed by atoms with Crippen LogP contribution >= 0.6 is 0 Å². The van der Waals surface area contributed by atoms with Gasteiger partial charge in [-0.25, -0.2) is 9.97 Å². The van der Waals surface area contributed by atoms with Gasteiger partial charge in [-0.2, -0.15) is 0 Å². The minimum Gasteiger partial charge on any atom is -0.454 e. The molecule has 51 heavy (non-hydrogen) atoms. The number of hydrogen-bond acceptors (Lipinski definition) is 4. The average molecular weight is 652 g/mol. The number of para-hydroxylation sites is 2. The van der Waals surface area contributed by atoms with E-state index in [2.05, 4.69) is 126 Å². The fourth-order valence-electron chi connectivity index (χ4n) is 7.30. The van der Waals surface area contributed by atoms with Crippen LogP contribution in [0.25, 0.3) is 99.8 Å². The first-order chi connectivity index (χ1) is 25.3. The zero-order valence-electron chi connectivity index (χ0n) is 27.5. The van der Waals surface area contributed by atoms with Crippen molar-refractivity contribution in [2.45, 2.75) is 0 Å². The molecule has 0 saturated heterocycles. The van der Waals surface area contributed by atoms with Gasteiger partial charge in [-0.3, -0.25) is 4.98 Å². The topological polar surface area (TPSA) is 51.8 Å². The summed E-state index contributed by atoms with van der Waals surface area (Å²) >= 11 is 0. The quantitative estimate of drug-likeness (QED) is 0.186. The molecule has 10 aromatic rings. The van der Waals surface area contributed by atoms with Crippen LogP contribution in [-0.2, 0) is 0 Å². The van der Waals surface area contributed by atoms with Crippen LogP contribution in [0, 0.1) is 0 Å². The standard InChI is InChI=1S/C47H29N3O/c1-2-13-33(14-3-1)41-28-34(29-42(49-41)40-21-8-9-27-48-40)30-23-25-32(26-24-30)36-18-11-20-39-44-38-17-6-7-22-43(38)51-47(44)46(50-45(36)39)37-19-10-15-31-12-4-5-16-35(31)37/h1-29H. The Hall–Kier alpha value is -6.91. The number of hydrogen-bond donors (Lipinski definition) is 0. The molecule has 0 radical (unpaired) electrons. The third kappa shape index (κ3) is 4.96. The highest BCUT2D eigenvalue weighted by atomic mass is 16.3. The Labute approximate surface area is 294 Å². The second-order valence-electron chi connectivity index (χ2n) is 12.8. The molecule has 0 amide bonds. The van der Waals surface area contributed by atoms with Gasteiger partial charge in [0, 0.05) is 39.0 Å². The van der Waals surface area contributed by atoms with Crippen molar-refractivity contribution < 1.29 is 4.42 Å². The maximum absolute atomic E-state index is 6.62. The highest BCUT2D eigenvalue weighted by Gasteiger charge is 2.21. The number of benzene rings is 6. The summed E-state index contributed by atoms with van der Waals surface area (Å²) in [4.78, 5) is 15.1. The molecule has 0 atom stereocenters. The van der Waals surface area contributed by atoms with Gasteiger partial charge in [-0.1, -0.05) is 140 Å². The van der Waals surface area contributed by atoms with Crippen molar-refractivity contribution in [2.24, 2.45) is 0 Å². The molecular weight excluding hydrogens is 623 g/mol. The molecule has 0 aliphatic carbocycles. The lowest BCUT2D eigenvalue weighted by Gasteiger charge is -2.13. The third-order valence-corrected chi connectivity index (χ3v) is 9.74. The van der Waals surface area contributed by atoms with Crippen LogP contribution < -0.4 is 0 Å². The van der Waals surface area contributed by atoms with Crippen molar-refractivity contribution in [3.05, 3.63) is 176 Å². The molecule has 6 aromatic carbocycles. The summed E-state index contributed by atoms with van der Waals surface area (Å²) in [7, 11) is 0. The van der Waals surface area contributed by atoms with Crippen LogP contribution in [0.1, 0.15) is 0 Å². The molecule has 0 spiro atoms. The molecule has 0 saturated carbocycles. The molecule has 0 aliphatic heterocycles. The molecule has 0 aliphatic rings. The van der Waals surface area contributed by atoms with Crippen LogP contribution in [0.5, 0.6) is 0 Å². The maximum atomic E-state index is 6.62. The van der Waals surface area contributed by atoms with E-state index in [0.717, 1.165) is 94.4 Å². The predicted octanol–water partition coefficient (Wildman–Crippen LogP) is 12.4. The number of pyridine rings is 3. The average Bonchev–Trinajstić information content (AvgIpc) is 3.61. The highest BCUT2D eigenvalue weighted by Crippen LogP contribution is 2.43. The zero-order chi connectivity index (χ0) is 33.7. The van der Waals surface area contributed by atoms with Crippen molar-refractivity contribution in [1.29, 1.82) is 0 Å². The fourth-order valence-corrected chi connectivity index (χ4v) is 7.30. The summed E-state index contributed by atoms with van der Waals surface area (Å²) in [5.74, 6) is 0. The lowest BCUT2D eigenvalue weighted by molar-refractivity contribution is 0.669. The summed E-state index contributed by atoms with van der Waals surface area (Å²) in [6, 6.07) is 58.9. The van der Waals surface area contributed by atoms with Gasteiger partial charge in [-0.15, -0.1) is 0 Å². The molecule has 4 aromatic heterocycles. The molecule has 4 heteroatoms. The molecule has 0 unspecified atom stereocenters. The molecule has 0 bridgehead atoms. The van der Waals surface area contributed by atoms with E-state index in [4.69, 9.17) is 14.4 Å². The molecule has 0 fully saturated rings. The van der Waals surface area contributed by atoms with Gasteiger partial charge in [0.25, 0.3) is 0 Å². The summed E-state index contributed by atoms with van der Waals surface area (Å²) in [5.41, 5.74) is 12.5. The van der Waals surface area contributed by atoms with Crippen molar-refractivity contribution >= 4 is 43.6 Å². The molecule has 238 valence electrons. The second kappa shape index (κ2) is 11.9. The Balaban J connectivity index is 1.16. The molecule has 0 N–H and O–H groups in total. The number of rotatable bonds is 5. The van der Waals surface area contributed by atoms with Gasteiger partial charge in [0.2, 0.25) is 0 Å². The Morgan fingerprint density at radius 2 is 1.10 bits per heavy atom. The van der Waals surface area contributed by atoms with E-state index < -0.39 is 0 Å². The van der Waals surface area contributed by atoms with Crippen molar-refractivity contribution in [1.82, 2.24) is 15.0 Å². The van der Waals surface area contributed by atoms with E-state index >= 15 is 0 Å². The van der Waals surface area contributed by atoms with E-state index in [1.54, 1.807) is 0 Å². The summed E-state index contributed by atoms with van der Waals surface area (Å²) in [6.45, 7) is 0. The molecule has 10 rings (SSSR count). The number of nitrogens with zero attached hydrogens (tertiary/aromatic N) is 3. The fraction of sp³-hybridized carbons (Fsp3) is 0. The summed E-state index contributed by atoms with van der Waals surface area (Å²) in [5, 5.41) is 5.56. The van der Waals surface area contributed by atoms with Gasteiger partial charge in [0.1, 0.15) is 11.3 Å². The predicted molar refractivity (Wildman–Crippen MR) is 209 cm³/mol. The minimum atomic E-state index is 0.808. The van der Waals surface area contributed by atoms with Crippen LogP contribution in [0.4, 0.5) is 0 Å². The van der Waals surface area contributed by atoms with Gasteiger partial charge in [0.15, 0.2) is 5.58 Å². The number of furan rings is 1. The van der Waals surface area contributed by atoms with E-state index in [-0.39, 0.29) is 0 Å². The van der Waals surface area contributed by atoms with E-state index in [1.807, 2.05) is 54.7 Å². The monoisotopic (exact) mass is 651 g/mol. The van der Waals surface area contributed by atoms with Crippen LogP contribution in [-0.4, -0.2) is 15.0 Å². The normalized spacial score (nSPS) is 11.5. The maximum Gasteiger partial charge on any atom is 0.162 e. The van der Waals surface area contributed by atoms with Crippen LogP contribution in [0.2, 0.25) is 0 Å². The Morgan fingerprint density at radius 1 is 0.412 bits per heavy atom. The first kappa shape index (κ1) is 29.0. The van der Waals surface area contributed by atoms with Gasteiger partial charge >= 0.3 is 0 Å². The summed E-state index contributed by atoms with van der Waals surface area (Å²) < 4.78 is 6.62. The van der Waals surface area contributed by atoms with Gasteiger partial charge in [-0.05, 0) is 57.8 Å². The smallest absolute Gasteiger partial charge is 0.162 e. The lowest BCUT2D eigenvalue weighted by Crippen LogP contribution is -1.93. The van der Waals surface area contributed by atoms with E-state index in [1.165, 1.54) is 5.39 Å². The third-order valence-electron chi connectivity index (χ3n) is 9.74. The first-order valence-corrected chi connectivity index (χ1v) is 17.1. The first-order valence-electron chi connectivity index (χ1n) is 17.1. The van der Waals surface area contributed by atoms with E-state index in [0.29, 0.717) is 0 Å². The van der Waals surface area contributed by atoms with Crippen molar-refractivity contribution in [3.8, 4) is 56.2 Å². The second-order valence-corrected chi connectivity index (χ2v) is 12.8. The lowest BCUT2D eigenvalue weighted by atomic mass is 9.95.